The van der Waals surface area contributed by atoms with Crippen LogP contribution in [0, 0.1) is 6.92 Å². The fraction of sp³-hybridized carbons (Fsp3) is 0.600. The number of aliphatic hydroxyl groups excluding tert-OH is 1. The molecule has 0 aliphatic carbocycles. The Kier molecular flexibility index (Phi) is 5.03. The smallest absolute Gasteiger partial charge is 0.243 e. The summed E-state index contributed by atoms with van der Waals surface area (Å²) in [4.78, 5) is 0.318. The fourth-order valence-electron chi connectivity index (χ4n) is 2.40. The molecule has 1 aliphatic heterocycles. The van der Waals surface area contributed by atoms with Gasteiger partial charge in [0.25, 0.3) is 0 Å². The van der Waals surface area contributed by atoms with E-state index in [-0.39, 0.29) is 11.4 Å². The van der Waals surface area contributed by atoms with Crippen molar-refractivity contribution in [2.45, 2.75) is 43.4 Å². The first-order valence-corrected chi connectivity index (χ1v) is 9.53. The number of hydrogen-bond donors (Lipinski definition) is 1. The zero-order chi connectivity index (χ0) is 15.7. The largest absolute Gasteiger partial charge is 0.392 e. The van der Waals surface area contributed by atoms with Gasteiger partial charge in [-0.1, -0.05) is 26.0 Å². The predicted molar refractivity (Wildman–Crippen MR) is 87.0 cm³/mol. The van der Waals surface area contributed by atoms with Crippen LogP contribution >= 0.6 is 11.8 Å². The van der Waals surface area contributed by atoms with Crippen molar-refractivity contribution in [3.63, 3.8) is 0 Å². The Morgan fingerprint density at radius 2 is 2.05 bits per heavy atom. The maximum absolute atomic E-state index is 12.9. The molecule has 1 heterocycles. The second-order valence-corrected chi connectivity index (χ2v) is 9.73. The van der Waals surface area contributed by atoms with Crippen molar-refractivity contribution in [2.75, 3.05) is 18.8 Å². The van der Waals surface area contributed by atoms with E-state index in [1.807, 2.05) is 11.8 Å². The van der Waals surface area contributed by atoms with Gasteiger partial charge in [0.05, 0.1) is 11.5 Å². The number of thioether (sulfide) groups is 1. The first kappa shape index (κ1) is 16.8. The second-order valence-electron chi connectivity index (χ2n) is 6.02. The van der Waals surface area contributed by atoms with Gasteiger partial charge in [-0.05, 0) is 30.5 Å². The van der Waals surface area contributed by atoms with E-state index >= 15 is 0 Å². The van der Waals surface area contributed by atoms with Crippen LogP contribution in [0.25, 0.3) is 0 Å². The minimum Gasteiger partial charge on any atom is -0.392 e. The summed E-state index contributed by atoms with van der Waals surface area (Å²) in [5, 5.41) is 9.23. The van der Waals surface area contributed by atoms with Crippen LogP contribution in [0.5, 0.6) is 0 Å². The minimum atomic E-state index is -3.49. The van der Waals surface area contributed by atoms with E-state index < -0.39 is 10.0 Å². The van der Waals surface area contributed by atoms with E-state index in [2.05, 4.69) is 13.8 Å². The predicted octanol–water partition coefficient (Wildman–Crippen LogP) is 2.39. The average Bonchev–Trinajstić information content (AvgIpc) is 2.60. The molecule has 1 N–H and O–H groups in total. The highest BCUT2D eigenvalue weighted by atomic mass is 32.2. The van der Waals surface area contributed by atoms with Gasteiger partial charge in [-0.2, -0.15) is 16.1 Å². The Labute approximate surface area is 131 Å². The number of sulfonamides is 1. The Morgan fingerprint density at radius 3 is 2.71 bits per heavy atom. The normalized spacial score (nSPS) is 20.2. The Balaban J connectivity index is 2.33. The van der Waals surface area contributed by atoms with E-state index in [9.17, 15) is 13.5 Å². The van der Waals surface area contributed by atoms with Crippen LogP contribution in [-0.2, 0) is 16.6 Å². The first-order valence-electron chi connectivity index (χ1n) is 7.11. The van der Waals surface area contributed by atoms with Crippen molar-refractivity contribution >= 4 is 21.8 Å². The number of benzene rings is 1. The lowest BCUT2D eigenvalue weighted by atomic mass is 10.1. The van der Waals surface area contributed by atoms with E-state index in [1.165, 1.54) is 0 Å². The van der Waals surface area contributed by atoms with Crippen molar-refractivity contribution in [1.82, 2.24) is 4.31 Å². The third-order valence-corrected chi connectivity index (χ3v) is 7.26. The lowest BCUT2D eigenvalue weighted by Gasteiger charge is -2.23. The average molecular weight is 329 g/mol. The summed E-state index contributed by atoms with van der Waals surface area (Å²) < 4.78 is 27.4. The second kappa shape index (κ2) is 6.28. The van der Waals surface area contributed by atoms with Crippen molar-refractivity contribution in [3.8, 4) is 0 Å². The molecule has 0 radical (unpaired) electrons. The SMILES string of the molecule is Cc1ccc(CO)cc1S(=O)(=O)N1CCSC(C)(C)CC1. The summed E-state index contributed by atoms with van der Waals surface area (Å²) >= 11 is 1.82. The van der Waals surface area contributed by atoms with Gasteiger partial charge in [0.1, 0.15) is 0 Å². The molecule has 0 amide bonds. The molecule has 2 rings (SSSR count). The van der Waals surface area contributed by atoms with Crippen LogP contribution in [0.1, 0.15) is 31.4 Å². The number of nitrogens with zero attached hydrogens (tertiary/aromatic N) is 1. The molecule has 1 aliphatic rings. The van der Waals surface area contributed by atoms with Gasteiger partial charge in [-0.15, -0.1) is 0 Å². The summed E-state index contributed by atoms with van der Waals surface area (Å²) in [6.45, 7) is 7.05. The van der Waals surface area contributed by atoms with Crippen LogP contribution in [0.2, 0.25) is 0 Å². The van der Waals surface area contributed by atoms with E-state index in [4.69, 9.17) is 0 Å². The molecular weight excluding hydrogens is 306 g/mol. The lowest BCUT2D eigenvalue weighted by Crippen LogP contribution is -2.34. The molecule has 1 saturated heterocycles. The van der Waals surface area contributed by atoms with Gasteiger partial charge in [0.15, 0.2) is 0 Å². The molecule has 4 nitrogen and oxygen atoms in total. The molecule has 0 unspecified atom stereocenters. The van der Waals surface area contributed by atoms with Crippen LogP contribution in [0.15, 0.2) is 23.1 Å². The standard InChI is InChI=1S/C15H23NO3S2/c1-12-4-5-13(11-17)10-14(12)21(18,19)16-7-6-15(2,3)20-9-8-16/h4-5,10,17H,6-9,11H2,1-3H3. The maximum atomic E-state index is 12.9. The molecule has 0 atom stereocenters. The monoisotopic (exact) mass is 329 g/mol. The van der Waals surface area contributed by atoms with Gasteiger partial charge in [-0.3, -0.25) is 0 Å². The molecule has 0 bridgehead atoms. The molecule has 0 aromatic heterocycles. The lowest BCUT2D eigenvalue weighted by molar-refractivity contribution is 0.281. The fourth-order valence-corrected chi connectivity index (χ4v) is 5.33. The van der Waals surface area contributed by atoms with Crippen molar-refractivity contribution in [2.24, 2.45) is 0 Å². The van der Waals surface area contributed by atoms with Gasteiger partial charge in [0, 0.05) is 23.6 Å². The number of rotatable bonds is 3. The number of aryl methyl sites for hydroxylation is 1. The van der Waals surface area contributed by atoms with Crippen LogP contribution in [0.4, 0.5) is 0 Å². The maximum Gasteiger partial charge on any atom is 0.243 e. The van der Waals surface area contributed by atoms with Crippen LogP contribution < -0.4 is 0 Å². The van der Waals surface area contributed by atoms with Crippen LogP contribution in [-0.4, -0.2) is 41.4 Å². The molecular formula is C15H23NO3S2. The highest BCUT2D eigenvalue weighted by Crippen LogP contribution is 2.33. The molecule has 1 fully saturated rings. The van der Waals surface area contributed by atoms with E-state index in [0.29, 0.717) is 23.5 Å². The molecule has 21 heavy (non-hydrogen) atoms. The molecule has 6 heteroatoms. The van der Waals surface area contributed by atoms with Gasteiger partial charge >= 0.3 is 0 Å². The highest BCUT2D eigenvalue weighted by molar-refractivity contribution is 8.00. The number of hydrogen-bond acceptors (Lipinski definition) is 4. The summed E-state index contributed by atoms with van der Waals surface area (Å²) in [6, 6.07) is 5.11. The van der Waals surface area contributed by atoms with E-state index in [1.54, 1.807) is 29.4 Å². The molecule has 0 spiro atoms. The minimum absolute atomic E-state index is 0.117. The highest BCUT2D eigenvalue weighted by Gasteiger charge is 2.31. The topological polar surface area (TPSA) is 57.6 Å². The van der Waals surface area contributed by atoms with Crippen molar-refractivity contribution in [3.05, 3.63) is 29.3 Å². The summed E-state index contributed by atoms with van der Waals surface area (Å²) in [6.07, 6.45) is 0.843. The Bertz CT molecular complexity index is 611. The molecule has 1 aromatic carbocycles. The zero-order valence-electron chi connectivity index (χ0n) is 12.8. The summed E-state index contributed by atoms with van der Waals surface area (Å²) in [5.41, 5.74) is 1.35. The molecule has 0 saturated carbocycles. The van der Waals surface area contributed by atoms with Gasteiger partial charge < -0.3 is 5.11 Å². The molecule has 1 aromatic rings. The first-order chi connectivity index (χ1) is 9.76. The number of aliphatic hydroxyl groups is 1. The summed E-state index contributed by atoms with van der Waals surface area (Å²) in [5.74, 6) is 0.810. The van der Waals surface area contributed by atoms with Crippen LogP contribution in [0.3, 0.4) is 0 Å². The third kappa shape index (κ3) is 3.80. The van der Waals surface area contributed by atoms with Crippen molar-refractivity contribution in [1.29, 1.82) is 0 Å². The zero-order valence-corrected chi connectivity index (χ0v) is 14.4. The van der Waals surface area contributed by atoms with Gasteiger partial charge in [-0.25, -0.2) is 8.42 Å². The van der Waals surface area contributed by atoms with E-state index in [0.717, 1.165) is 17.7 Å². The molecule has 118 valence electrons. The third-order valence-electron chi connectivity index (χ3n) is 3.85. The quantitative estimate of drug-likeness (QED) is 0.925. The Hall–Kier alpha value is -0.560. The van der Waals surface area contributed by atoms with Crippen molar-refractivity contribution < 1.29 is 13.5 Å². The Morgan fingerprint density at radius 1 is 1.33 bits per heavy atom. The van der Waals surface area contributed by atoms with Gasteiger partial charge in [0.2, 0.25) is 10.0 Å². The summed E-state index contributed by atoms with van der Waals surface area (Å²) in [7, 11) is -3.49.